The van der Waals surface area contributed by atoms with Gasteiger partial charge in [0.05, 0.1) is 6.61 Å². The molecule has 2 heterocycles. The number of amidine groups is 1. The second kappa shape index (κ2) is 7.76. The van der Waals surface area contributed by atoms with Gasteiger partial charge in [-0.3, -0.25) is 0 Å². The smallest absolute Gasteiger partial charge is 0.133 e. The summed E-state index contributed by atoms with van der Waals surface area (Å²) in [6.07, 6.45) is 8.70. The molecule has 1 aromatic rings. The molecule has 0 N–H and O–H groups in total. The van der Waals surface area contributed by atoms with Gasteiger partial charge in [-0.25, -0.2) is 9.38 Å². The van der Waals surface area contributed by atoms with E-state index in [1.165, 1.54) is 17.7 Å². The van der Waals surface area contributed by atoms with Crippen LogP contribution in [0.1, 0.15) is 18.9 Å². The van der Waals surface area contributed by atoms with Gasteiger partial charge in [0.25, 0.3) is 0 Å². The lowest BCUT2D eigenvalue weighted by Crippen LogP contribution is -2.31. The van der Waals surface area contributed by atoms with Crippen molar-refractivity contribution in [1.82, 2.24) is 4.90 Å². The minimum atomic E-state index is -0.275. The van der Waals surface area contributed by atoms with Crippen molar-refractivity contribution in [3.63, 3.8) is 0 Å². The first-order valence-electron chi connectivity index (χ1n) is 8.02. The predicted octanol–water partition coefficient (Wildman–Crippen LogP) is 3.66. The third-order valence-electron chi connectivity index (χ3n) is 3.71. The highest BCUT2D eigenvalue weighted by Crippen LogP contribution is 2.17. The lowest BCUT2D eigenvalue weighted by Gasteiger charge is -2.27. The molecule has 0 saturated heterocycles. The van der Waals surface area contributed by atoms with Crippen LogP contribution in [0.2, 0.25) is 0 Å². The molecule has 0 aliphatic carbocycles. The van der Waals surface area contributed by atoms with E-state index in [0.29, 0.717) is 5.56 Å². The summed E-state index contributed by atoms with van der Waals surface area (Å²) in [6.45, 7) is 4.28. The zero-order valence-electron chi connectivity index (χ0n) is 13.6. The minimum absolute atomic E-state index is 0.275. The van der Waals surface area contributed by atoms with Gasteiger partial charge in [-0.15, -0.1) is 0 Å². The molecule has 3 nitrogen and oxygen atoms in total. The molecule has 2 aliphatic heterocycles. The number of aliphatic imine (C=N–C) groups is 1. The van der Waals surface area contributed by atoms with Crippen molar-refractivity contribution in [2.24, 2.45) is 4.99 Å². The number of hydrogen-bond donors (Lipinski definition) is 0. The topological polar surface area (TPSA) is 24.8 Å². The molecular formula is C20H19FN2O. The van der Waals surface area contributed by atoms with Gasteiger partial charge in [0.2, 0.25) is 0 Å². The molecule has 24 heavy (non-hydrogen) atoms. The molecule has 0 amide bonds. The Hall–Kier alpha value is -2.64. The molecule has 3 rings (SSSR count). The molecule has 4 heteroatoms. The largest absolute Gasteiger partial charge is 0.381 e. The normalized spacial score (nSPS) is 15.8. The summed E-state index contributed by atoms with van der Waals surface area (Å²) in [6, 6.07) is 6.29. The second-order valence-corrected chi connectivity index (χ2v) is 5.53. The highest BCUT2D eigenvalue weighted by atomic mass is 19.1. The van der Waals surface area contributed by atoms with E-state index < -0.39 is 0 Å². The fourth-order valence-electron chi connectivity index (χ4n) is 2.46. The van der Waals surface area contributed by atoms with E-state index in [9.17, 15) is 4.39 Å². The van der Waals surface area contributed by atoms with E-state index in [1.807, 2.05) is 31.5 Å². The Morgan fingerprint density at radius 1 is 1.33 bits per heavy atom. The second-order valence-electron chi connectivity index (χ2n) is 5.53. The van der Waals surface area contributed by atoms with Crippen molar-refractivity contribution in [2.75, 3.05) is 19.8 Å². The van der Waals surface area contributed by atoms with Gasteiger partial charge < -0.3 is 9.64 Å². The van der Waals surface area contributed by atoms with E-state index in [0.717, 1.165) is 37.6 Å². The highest BCUT2D eigenvalue weighted by Gasteiger charge is 2.16. The zero-order valence-corrected chi connectivity index (χ0v) is 13.6. The molecular weight excluding hydrogens is 303 g/mol. The van der Waals surface area contributed by atoms with Gasteiger partial charge in [0.15, 0.2) is 0 Å². The SMILES string of the molecule is CCOCCC1=CN=C2C=C(C#Cc3cccc(F)c3)C=CN2C1. The molecule has 0 fully saturated rings. The number of halogens is 1. The fourth-order valence-corrected chi connectivity index (χ4v) is 2.46. The number of hydrogen-bond acceptors (Lipinski definition) is 3. The summed E-state index contributed by atoms with van der Waals surface area (Å²) in [7, 11) is 0. The van der Waals surface area contributed by atoms with Crippen molar-refractivity contribution in [3.8, 4) is 11.8 Å². The van der Waals surface area contributed by atoms with Crippen LogP contribution in [0.25, 0.3) is 0 Å². The van der Waals surface area contributed by atoms with Gasteiger partial charge in [0.1, 0.15) is 11.7 Å². The first-order valence-corrected chi connectivity index (χ1v) is 8.02. The van der Waals surface area contributed by atoms with Crippen molar-refractivity contribution in [2.45, 2.75) is 13.3 Å². The molecule has 0 bridgehead atoms. The summed E-state index contributed by atoms with van der Waals surface area (Å²) < 4.78 is 18.6. The van der Waals surface area contributed by atoms with Crippen LogP contribution in [-0.2, 0) is 4.74 Å². The Bertz CT molecular complexity index is 793. The van der Waals surface area contributed by atoms with Crippen molar-refractivity contribution >= 4 is 5.84 Å². The Labute approximate surface area is 141 Å². The fraction of sp³-hybridized carbons (Fsp3) is 0.250. The maximum absolute atomic E-state index is 13.2. The van der Waals surface area contributed by atoms with Gasteiger partial charge >= 0.3 is 0 Å². The summed E-state index contributed by atoms with van der Waals surface area (Å²) in [5.74, 6) is 6.64. The van der Waals surface area contributed by atoms with Crippen molar-refractivity contribution < 1.29 is 9.13 Å². The summed E-state index contributed by atoms with van der Waals surface area (Å²) in [4.78, 5) is 6.59. The maximum Gasteiger partial charge on any atom is 0.133 e. The van der Waals surface area contributed by atoms with Gasteiger partial charge in [0, 0.05) is 36.7 Å². The van der Waals surface area contributed by atoms with Gasteiger partial charge in [-0.2, -0.15) is 0 Å². The number of rotatable bonds is 4. The molecule has 1 aromatic carbocycles. The van der Waals surface area contributed by atoms with Gasteiger partial charge in [-0.1, -0.05) is 17.9 Å². The van der Waals surface area contributed by atoms with E-state index in [-0.39, 0.29) is 5.82 Å². The van der Waals surface area contributed by atoms with Crippen LogP contribution in [-0.4, -0.2) is 30.5 Å². The van der Waals surface area contributed by atoms with Gasteiger partial charge in [-0.05, 0) is 49.3 Å². The van der Waals surface area contributed by atoms with Crippen molar-refractivity contribution in [1.29, 1.82) is 0 Å². The number of fused-ring (bicyclic) bond motifs is 1. The lowest BCUT2D eigenvalue weighted by atomic mass is 10.1. The molecule has 0 aromatic heterocycles. The lowest BCUT2D eigenvalue weighted by molar-refractivity contribution is 0.150. The molecule has 0 unspecified atom stereocenters. The Morgan fingerprint density at radius 3 is 3.08 bits per heavy atom. The standard InChI is InChI=1S/C20H19FN2O/c1-2-24-11-9-18-14-22-20-13-17(8-10-23(20)15-18)7-6-16-4-3-5-19(21)12-16/h3-5,8,10,12-14H,2,9,11,15H2,1H3. The Kier molecular flexibility index (Phi) is 5.25. The molecule has 122 valence electrons. The van der Waals surface area contributed by atoms with Crippen LogP contribution in [0, 0.1) is 17.7 Å². The molecule has 0 spiro atoms. The predicted molar refractivity (Wildman–Crippen MR) is 93.8 cm³/mol. The van der Waals surface area contributed by atoms with E-state index in [2.05, 4.69) is 21.7 Å². The quantitative estimate of drug-likeness (QED) is 0.624. The van der Waals surface area contributed by atoms with E-state index in [4.69, 9.17) is 4.74 Å². The van der Waals surface area contributed by atoms with Crippen LogP contribution in [0.4, 0.5) is 4.39 Å². The highest BCUT2D eigenvalue weighted by molar-refractivity contribution is 5.97. The summed E-state index contributed by atoms with van der Waals surface area (Å²) >= 11 is 0. The monoisotopic (exact) mass is 322 g/mol. The van der Waals surface area contributed by atoms with Crippen LogP contribution >= 0.6 is 0 Å². The summed E-state index contributed by atoms with van der Waals surface area (Å²) in [5.41, 5.74) is 2.77. The molecule has 2 aliphatic rings. The van der Waals surface area contributed by atoms with E-state index >= 15 is 0 Å². The zero-order chi connectivity index (χ0) is 16.8. The van der Waals surface area contributed by atoms with Crippen LogP contribution in [0.5, 0.6) is 0 Å². The number of ether oxygens (including phenoxy) is 1. The number of nitrogens with zero attached hydrogens (tertiary/aromatic N) is 2. The Morgan fingerprint density at radius 2 is 2.25 bits per heavy atom. The molecule has 0 atom stereocenters. The minimum Gasteiger partial charge on any atom is -0.381 e. The number of allylic oxidation sites excluding steroid dienone is 2. The van der Waals surface area contributed by atoms with Crippen molar-refractivity contribution in [3.05, 3.63) is 71.3 Å². The first kappa shape index (κ1) is 16.2. The third-order valence-corrected chi connectivity index (χ3v) is 3.71. The number of benzene rings is 1. The van der Waals surface area contributed by atoms with Crippen LogP contribution in [0.15, 0.2) is 65.0 Å². The first-order chi connectivity index (χ1) is 11.7. The van der Waals surface area contributed by atoms with Crippen LogP contribution < -0.4 is 0 Å². The Balaban J connectivity index is 1.70. The average Bonchev–Trinajstić information content (AvgIpc) is 2.60. The molecule has 0 saturated carbocycles. The third kappa shape index (κ3) is 4.21. The summed E-state index contributed by atoms with van der Waals surface area (Å²) in [5, 5.41) is 0. The maximum atomic E-state index is 13.2. The molecule has 0 radical (unpaired) electrons. The van der Waals surface area contributed by atoms with E-state index in [1.54, 1.807) is 12.1 Å². The average molecular weight is 322 g/mol. The van der Waals surface area contributed by atoms with Crippen LogP contribution in [0.3, 0.4) is 0 Å².